The summed E-state index contributed by atoms with van der Waals surface area (Å²) >= 11 is 0. The van der Waals surface area contributed by atoms with E-state index in [2.05, 4.69) is 5.32 Å². The van der Waals surface area contributed by atoms with Gasteiger partial charge in [-0.3, -0.25) is 4.79 Å². The van der Waals surface area contributed by atoms with Crippen LogP contribution in [0, 0.1) is 5.92 Å². The highest BCUT2D eigenvalue weighted by atomic mass is 19.4. The Morgan fingerprint density at radius 2 is 2.19 bits per heavy atom. The molecule has 0 aromatic heterocycles. The fourth-order valence-electron chi connectivity index (χ4n) is 2.47. The third-order valence-electron chi connectivity index (χ3n) is 3.65. The van der Waals surface area contributed by atoms with Crippen LogP contribution in [-0.2, 0) is 11.0 Å². The number of rotatable bonds is 4. The van der Waals surface area contributed by atoms with Gasteiger partial charge in [0.25, 0.3) is 0 Å². The van der Waals surface area contributed by atoms with Crippen LogP contribution in [0.1, 0.15) is 43.4 Å². The average molecular weight is 297 g/mol. The molecule has 2 rings (SSSR count). The molecule has 0 bridgehead atoms. The van der Waals surface area contributed by atoms with Crippen molar-refractivity contribution in [3.05, 3.63) is 47.5 Å². The highest BCUT2D eigenvalue weighted by Crippen LogP contribution is 2.30. The number of hydrogen-bond acceptors (Lipinski definition) is 1. The number of benzene rings is 1. The van der Waals surface area contributed by atoms with Crippen LogP contribution in [0.5, 0.6) is 0 Å². The summed E-state index contributed by atoms with van der Waals surface area (Å²) in [5.41, 5.74) is -0.236. The Labute approximate surface area is 122 Å². The fraction of sp³-hybridized carbons (Fsp3) is 0.438. The number of hydrogen-bond donors (Lipinski definition) is 1. The van der Waals surface area contributed by atoms with Crippen molar-refractivity contribution < 1.29 is 18.0 Å². The Kier molecular flexibility index (Phi) is 4.70. The lowest BCUT2D eigenvalue weighted by atomic mass is 10.0. The van der Waals surface area contributed by atoms with E-state index < -0.39 is 17.8 Å². The number of carbonyl (C=O) groups is 1. The molecular weight excluding hydrogens is 279 g/mol. The molecule has 0 saturated carbocycles. The molecule has 114 valence electrons. The molecule has 0 radical (unpaired) electrons. The molecule has 1 N–H and O–H groups in total. The number of halogens is 3. The van der Waals surface area contributed by atoms with Gasteiger partial charge in [-0.05, 0) is 43.4 Å². The average Bonchev–Trinajstić information content (AvgIpc) is 2.90. The minimum absolute atomic E-state index is 0.128. The first-order valence-corrected chi connectivity index (χ1v) is 6.99. The van der Waals surface area contributed by atoms with Gasteiger partial charge in [0.1, 0.15) is 0 Å². The van der Waals surface area contributed by atoms with Crippen LogP contribution in [0.25, 0.3) is 0 Å². The summed E-state index contributed by atoms with van der Waals surface area (Å²) in [5, 5.41) is 2.76. The Hall–Kier alpha value is -1.78. The number of allylic oxidation sites excluding steroid dienone is 2. The molecule has 5 heteroatoms. The second-order valence-corrected chi connectivity index (χ2v) is 5.38. The molecule has 1 aromatic carbocycles. The van der Waals surface area contributed by atoms with Gasteiger partial charge in [-0.2, -0.15) is 13.2 Å². The zero-order valence-corrected chi connectivity index (χ0v) is 11.8. The lowest BCUT2D eigenvalue weighted by Gasteiger charge is -2.17. The van der Waals surface area contributed by atoms with Gasteiger partial charge < -0.3 is 5.32 Å². The van der Waals surface area contributed by atoms with E-state index in [0.717, 1.165) is 25.0 Å². The first-order valence-electron chi connectivity index (χ1n) is 6.99. The second kappa shape index (κ2) is 6.33. The third kappa shape index (κ3) is 4.34. The number of alkyl halides is 3. The Balaban J connectivity index is 1.97. The summed E-state index contributed by atoms with van der Waals surface area (Å²) in [6.45, 7) is 1.69. The molecular formula is C16H18F3NO. The molecule has 2 nitrogen and oxygen atoms in total. The van der Waals surface area contributed by atoms with Crippen molar-refractivity contribution in [1.82, 2.24) is 5.32 Å². The van der Waals surface area contributed by atoms with E-state index in [9.17, 15) is 18.0 Å². The van der Waals surface area contributed by atoms with E-state index in [4.69, 9.17) is 0 Å². The van der Waals surface area contributed by atoms with Gasteiger partial charge in [0.05, 0.1) is 11.6 Å². The molecule has 1 aromatic rings. The second-order valence-electron chi connectivity index (χ2n) is 5.38. The van der Waals surface area contributed by atoms with Gasteiger partial charge >= 0.3 is 6.18 Å². The van der Waals surface area contributed by atoms with Crippen LogP contribution in [0.3, 0.4) is 0 Å². The lowest BCUT2D eigenvalue weighted by molar-refractivity contribution is -0.137. The zero-order valence-electron chi connectivity index (χ0n) is 11.8. The van der Waals surface area contributed by atoms with Crippen LogP contribution in [0.15, 0.2) is 36.4 Å². The predicted molar refractivity (Wildman–Crippen MR) is 74.5 cm³/mol. The molecule has 1 aliphatic carbocycles. The summed E-state index contributed by atoms with van der Waals surface area (Å²) in [7, 11) is 0. The maximum Gasteiger partial charge on any atom is 0.416 e. The van der Waals surface area contributed by atoms with Crippen LogP contribution in [-0.4, -0.2) is 5.91 Å². The summed E-state index contributed by atoms with van der Waals surface area (Å²) in [5.74, 6) is 0.121. The SMILES string of the molecule is C[C@@H](NC(=O)C[C@H]1C=CCC1)c1cccc(C(F)(F)F)c1. The highest BCUT2D eigenvalue weighted by molar-refractivity contribution is 5.77. The molecule has 2 atom stereocenters. The quantitative estimate of drug-likeness (QED) is 0.828. The number of carbonyl (C=O) groups excluding carboxylic acids is 1. The maximum atomic E-state index is 12.7. The van der Waals surface area contributed by atoms with Gasteiger partial charge in [0.15, 0.2) is 0 Å². The summed E-state index contributed by atoms with van der Waals surface area (Å²) in [4.78, 5) is 11.9. The summed E-state index contributed by atoms with van der Waals surface area (Å²) < 4.78 is 38.0. The smallest absolute Gasteiger partial charge is 0.350 e. The molecule has 0 spiro atoms. The Morgan fingerprint density at radius 1 is 1.43 bits per heavy atom. The van der Waals surface area contributed by atoms with Gasteiger partial charge in [-0.15, -0.1) is 0 Å². The maximum absolute atomic E-state index is 12.7. The van der Waals surface area contributed by atoms with Crippen molar-refractivity contribution in [3.8, 4) is 0 Å². The molecule has 0 unspecified atom stereocenters. The molecule has 1 amide bonds. The minimum Gasteiger partial charge on any atom is -0.350 e. The number of amides is 1. The Bertz CT molecular complexity index is 537. The van der Waals surface area contributed by atoms with Crippen molar-refractivity contribution in [2.24, 2.45) is 5.92 Å². The van der Waals surface area contributed by atoms with Gasteiger partial charge in [-0.25, -0.2) is 0 Å². The van der Waals surface area contributed by atoms with E-state index in [1.54, 1.807) is 13.0 Å². The monoisotopic (exact) mass is 297 g/mol. The van der Waals surface area contributed by atoms with Crippen molar-refractivity contribution in [2.45, 2.75) is 38.4 Å². The van der Waals surface area contributed by atoms with Crippen molar-refractivity contribution in [3.63, 3.8) is 0 Å². The molecule has 21 heavy (non-hydrogen) atoms. The van der Waals surface area contributed by atoms with Gasteiger partial charge in [-0.1, -0.05) is 24.3 Å². The zero-order chi connectivity index (χ0) is 15.5. The summed E-state index contributed by atoms with van der Waals surface area (Å²) in [6.07, 6.45) is 2.05. The highest BCUT2D eigenvalue weighted by Gasteiger charge is 2.30. The van der Waals surface area contributed by atoms with Crippen LogP contribution >= 0.6 is 0 Å². The van der Waals surface area contributed by atoms with Crippen molar-refractivity contribution in [2.75, 3.05) is 0 Å². The fourth-order valence-corrected chi connectivity index (χ4v) is 2.47. The largest absolute Gasteiger partial charge is 0.416 e. The third-order valence-corrected chi connectivity index (χ3v) is 3.65. The molecule has 0 fully saturated rings. The lowest BCUT2D eigenvalue weighted by Crippen LogP contribution is -2.28. The standard InChI is InChI=1S/C16H18F3NO/c1-11(20-15(21)9-12-5-2-3-6-12)13-7-4-8-14(10-13)16(17,18)19/h2,4-5,7-8,10-12H,3,6,9H2,1H3,(H,20,21)/t11-,12+/m1/s1. The first kappa shape index (κ1) is 15.6. The van der Waals surface area contributed by atoms with Crippen molar-refractivity contribution >= 4 is 5.91 Å². The van der Waals surface area contributed by atoms with Crippen LogP contribution in [0.4, 0.5) is 13.2 Å². The van der Waals surface area contributed by atoms with Crippen molar-refractivity contribution in [1.29, 1.82) is 0 Å². The van der Waals surface area contributed by atoms with Gasteiger partial charge in [0.2, 0.25) is 5.91 Å². The topological polar surface area (TPSA) is 29.1 Å². The van der Waals surface area contributed by atoms with E-state index in [-0.39, 0.29) is 11.8 Å². The van der Waals surface area contributed by atoms with E-state index in [0.29, 0.717) is 12.0 Å². The van der Waals surface area contributed by atoms with E-state index in [1.165, 1.54) is 6.07 Å². The van der Waals surface area contributed by atoms with Crippen LogP contribution in [0.2, 0.25) is 0 Å². The molecule has 1 aliphatic rings. The first-order chi connectivity index (χ1) is 9.86. The molecule has 0 saturated heterocycles. The minimum atomic E-state index is -4.37. The predicted octanol–water partition coefficient (Wildman–Crippen LogP) is 4.24. The molecule has 0 aliphatic heterocycles. The van der Waals surface area contributed by atoms with E-state index in [1.807, 2.05) is 12.2 Å². The van der Waals surface area contributed by atoms with Gasteiger partial charge in [0, 0.05) is 6.42 Å². The molecule has 0 heterocycles. The Morgan fingerprint density at radius 3 is 2.81 bits per heavy atom. The normalized spacial score (nSPS) is 19.5. The number of nitrogens with one attached hydrogen (secondary N) is 1. The summed E-state index contributed by atoms with van der Waals surface area (Å²) in [6, 6.07) is 4.63. The van der Waals surface area contributed by atoms with Crippen LogP contribution < -0.4 is 5.32 Å². The van der Waals surface area contributed by atoms with E-state index >= 15 is 0 Å².